The van der Waals surface area contributed by atoms with E-state index in [1.165, 1.54) is 53.6 Å². The molecule has 0 saturated carbocycles. The van der Waals surface area contributed by atoms with Crippen molar-refractivity contribution in [1.82, 2.24) is 0 Å². The lowest BCUT2D eigenvalue weighted by Gasteiger charge is -2.27. The molecular formula is C19H23N. The third-order valence-corrected chi connectivity index (χ3v) is 4.20. The molecule has 2 aromatic rings. The quantitative estimate of drug-likeness (QED) is 0.851. The molecule has 0 amide bonds. The van der Waals surface area contributed by atoms with Gasteiger partial charge in [0.25, 0.3) is 0 Å². The van der Waals surface area contributed by atoms with E-state index in [1.807, 2.05) is 0 Å². The monoisotopic (exact) mass is 265 g/mol. The van der Waals surface area contributed by atoms with Crippen molar-refractivity contribution >= 4 is 5.69 Å². The van der Waals surface area contributed by atoms with E-state index in [1.54, 1.807) is 0 Å². The van der Waals surface area contributed by atoms with Crippen LogP contribution in [0.5, 0.6) is 0 Å². The SMILES string of the molecule is Cc1cc(C)cc(CCC2CCc3ccccc3N2)c1. The first-order chi connectivity index (χ1) is 9.70. The van der Waals surface area contributed by atoms with Gasteiger partial charge in [-0.1, -0.05) is 47.5 Å². The largest absolute Gasteiger partial charge is 0.382 e. The molecule has 1 aliphatic rings. The minimum absolute atomic E-state index is 0.616. The predicted molar refractivity (Wildman–Crippen MR) is 86.4 cm³/mol. The summed E-state index contributed by atoms with van der Waals surface area (Å²) in [7, 11) is 0. The average molecular weight is 265 g/mol. The lowest BCUT2D eigenvalue weighted by molar-refractivity contribution is 0.586. The fraction of sp³-hybridized carbons (Fsp3) is 0.368. The van der Waals surface area contributed by atoms with Gasteiger partial charge in [0.15, 0.2) is 0 Å². The highest BCUT2D eigenvalue weighted by atomic mass is 14.9. The molecule has 1 unspecified atom stereocenters. The minimum atomic E-state index is 0.616. The second kappa shape index (κ2) is 5.70. The molecule has 0 saturated heterocycles. The van der Waals surface area contributed by atoms with Crippen molar-refractivity contribution in [3.8, 4) is 0 Å². The van der Waals surface area contributed by atoms with Gasteiger partial charge in [-0.25, -0.2) is 0 Å². The Morgan fingerprint density at radius 1 is 1.05 bits per heavy atom. The molecule has 0 aliphatic carbocycles. The smallest absolute Gasteiger partial charge is 0.0374 e. The van der Waals surface area contributed by atoms with E-state index in [2.05, 4.69) is 61.6 Å². The number of anilines is 1. The number of fused-ring (bicyclic) bond motifs is 1. The van der Waals surface area contributed by atoms with Crippen LogP contribution in [0.1, 0.15) is 35.1 Å². The molecule has 2 aromatic carbocycles. The van der Waals surface area contributed by atoms with Gasteiger partial charge in [0.2, 0.25) is 0 Å². The van der Waals surface area contributed by atoms with E-state index in [0.29, 0.717) is 6.04 Å². The van der Waals surface area contributed by atoms with Crippen LogP contribution in [0.25, 0.3) is 0 Å². The first kappa shape index (κ1) is 13.2. The summed E-state index contributed by atoms with van der Waals surface area (Å²) in [6.07, 6.45) is 4.85. The summed E-state index contributed by atoms with van der Waals surface area (Å²) >= 11 is 0. The minimum Gasteiger partial charge on any atom is -0.382 e. The Hall–Kier alpha value is -1.76. The molecule has 0 aromatic heterocycles. The van der Waals surface area contributed by atoms with E-state index >= 15 is 0 Å². The summed E-state index contributed by atoms with van der Waals surface area (Å²) in [4.78, 5) is 0. The predicted octanol–water partition coefficient (Wildman–Crippen LogP) is 4.66. The van der Waals surface area contributed by atoms with Gasteiger partial charge in [-0.05, 0) is 56.7 Å². The number of hydrogen-bond donors (Lipinski definition) is 1. The summed E-state index contributed by atoms with van der Waals surface area (Å²) in [6, 6.07) is 16.2. The van der Waals surface area contributed by atoms with Crippen LogP contribution in [0.2, 0.25) is 0 Å². The second-order valence-corrected chi connectivity index (χ2v) is 6.07. The summed E-state index contributed by atoms with van der Waals surface area (Å²) in [5.74, 6) is 0. The number of nitrogens with one attached hydrogen (secondary N) is 1. The standard InChI is InChI=1S/C19H23N/c1-14-11-15(2)13-16(12-14)7-9-18-10-8-17-5-3-4-6-19(17)20-18/h3-6,11-13,18,20H,7-10H2,1-2H3. The van der Waals surface area contributed by atoms with Gasteiger partial charge in [0, 0.05) is 11.7 Å². The first-order valence-electron chi connectivity index (χ1n) is 7.62. The maximum absolute atomic E-state index is 3.70. The summed E-state index contributed by atoms with van der Waals surface area (Å²) in [6.45, 7) is 4.37. The van der Waals surface area contributed by atoms with Crippen molar-refractivity contribution in [3.05, 3.63) is 64.7 Å². The van der Waals surface area contributed by atoms with Crippen LogP contribution >= 0.6 is 0 Å². The highest BCUT2D eigenvalue weighted by Crippen LogP contribution is 2.26. The molecule has 0 fully saturated rings. The van der Waals surface area contributed by atoms with E-state index in [4.69, 9.17) is 0 Å². The van der Waals surface area contributed by atoms with Crippen LogP contribution in [-0.2, 0) is 12.8 Å². The molecule has 1 aliphatic heterocycles. The molecule has 1 heteroatoms. The summed E-state index contributed by atoms with van der Waals surface area (Å²) in [5.41, 5.74) is 7.03. The molecule has 0 bridgehead atoms. The normalized spacial score (nSPS) is 17.4. The Kier molecular flexibility index (Phi) is 3.77. The second-order valence-electron chi connectivity index (χ2n) is 6.07. The maximum atomic E-state index is 3.70. The van der Waals surface area contributed by atoms with Gasteiger partial charge < -0.3 is 5.32 Å². The molecular weight excluding hydrogens is 242 g/mol. The third kappa shape index (κ3) is 3.04. The van der Waals surface area contributed by atoms with Crippen LogP contribution in [0.3, 0.4) is 0 Å². The molecule has 20 heavy (non-hydrogen) atoms. The van der Waals surface area contributed by atoms with Gasteiger partial charge in [-0.3, -0.25) is 0 Å². The van der Waals surface area contributed by atoms with Crippen molar-refractivity contribution in [1.29, 1.82) is 0 Å². The number of benzene rings is 2. The lowest BCUT2D eigenvalue weighted by atomic mass is 9.93. The Morgan fingerprint density at radius 2 is 1.80 bits per heavy atom. The zero-order valence-electron chi connectivity index (χ0n) is 12.4. The lowest BCUT2D eigenvalue weighted by Crippen LogP contribution is -2.25. The van der Waals surface area contributed by atoms with Crippen molar-refractivity contribution in [2.45, 2.75) is 45.6 Å². The Labute approximate surface area is 122 Å². The van der Waals surface area contributed by atoms with Crippen LogP contribution < -0.4 is 5.32 Å². The molecule has 1 atom stereocenters. The number of aryl methyl sites for hydroxylation is 4. The van der Waals surface area contributed by atoms with Gasteiger partial charge in [0.05, 0.1) is 0 Å². The van der Waals surface area contributed by atoms with E-state index in [-0.39, 0.29) is 0 Å². The van der Waals surface area contributed by atoms with E-state index < -0.39 is 0 Å². The number of rotatable bonds is 3. The van der Waals surface area contributed by atoms with Crippen LogP contribution in [0.4, 0.5) is 5.69 Å². The zero-order valence-corrected chi connectivity index (χ0v) is 12.4. The van der Waals surface area contributed by atoms with Gasteiger partial charge in [-0.15, -0.1) is 0 Å². The molecule has 1 N–H and O–H groups in total. The molecule has 0 radical (unpaired) electrons. The first-order valence-corrected chi connectivity index (χ1v) is 7.62. The fourth-order valence-electron chi connectivity index (χ4n) is 3.27. The highest BCUT2D eigenvalue weighted by Gasteiger charge is 2.16. The molecule has 104 valence electrons. The molecule has 0 spiro atoms. The molecule has 1 nitrogen and oxygen atoms in total. The highest BCUT2D eigenvalue weighted by molar-refractivity contribution is 5.53. The number of hydrogen-bond acceptors (Lipinski definition) is 1. The van der Waals surface area contributed by atoms with Gasteiger partial charge in [0.1, 0.15) is 0 Å². The molecule has 1 heterocycles. The number of para-hydroxylation sites is 1. The Bertz CT molecular complexity index is 580. The Balaban J connectivity index is 1.62. The van der Waals surface area contributed by atoms with Gasteiger partial charge >= 0.3 is 0 Å². The van der Waals surface area contributed by atoms with Crippen molar-refractivity contribution < 1.29 is 0 Å². The zero-order chi connectivity index (χ0) is 13.9. The molecule has 3 rings (SSSR count). The van der Waals surface area contributed by atoms with E-state index in [9.17, 15) is 0 Å². The maximum Gasteiger partial charge on any atom is 0.0374 e. The van der Waals surface area contributed by atoms with Crippen molar-refractivity contribution in [2.24, 2.45) is 0 Å². The van der Waals surface area contributed by atoms with Crippen LogP contribution in [0.15, 0.2) is 42.5 Å². The van der Waals surface area contributed by atoms with Crippen LogP contribution in [-0.4, -0.2) is 6.04 Å². The topological polar surface area (TPSA) is 12.0 Å². The Morgan fingerprint density at radius 3 is 2.60 bits per heavy atom. The third-order valence-electron chi connectivity index (χ3n) is 4.20. The summed E-state index contributed by atoms with van der Waals surface area (Å²) < 4.78 is 0. The van der Waals surface area contributed by atoms with E-state index in [0.717, 1.165) is 0 Å². The fourth-order valence-corrected chi connectivity index (χ4v) is 3.27. The average Bonchev–Trinajstić information content (AvgIpc) is 2.44. The van der Waals surface area contributed by atoms with Crippen LogP contribution in [0, 0.1) is 13.8 Å². The van der Waals surface area contributed by atoms with Crippen molar-refractivity contribution in [3.63, 3.8) is 0 Å². The van der Waals surface area contributed by atoms with Gasteiger partial charge in [-0.2, -0.15) is 0 Å². The van der Waals surface area contributed by atoms with Crippen molar-refractivity contribution in [2.75, 3.05) is 5.32 Å². The summed E-state index contributed by atoms with van der Waals surface area (Å²) in [5, 5.41) is 3.70.